The molecule has 1 aromatic heterocycles. The second-order valence-electron chi connectivity index (χ2n) is 10.1. The van der Waals surface area contributed by atoms with Gasteiger partial charge in [0.1, 0.15) is 0 Å². The number of fused-ring (bicyclic) bond motifs is 1. The van der Waals surface area contributed by atoms with E-state index in [-0.39, 0.29) is 6.04 Å². The van der Waals surface area contributed by atoms with Crippen LogP contribution in [0.25, 0.3) is 0 Å². The van der Waals surface area contributed by atoms with Gasteiger partial charge >= 0.3 is 0 Å². The molecule has 1 unspecified atom stereocenters. The van der Waals surface area contributed by atoms with Gasteiger partial charge in [0.05, 0.1) is 35.1 Å². The van der Waals surface area contributed by atoms with Crippen LogP contribution in [0.15, 0.2) is 66.0 Å². The van der Waals surface area contributed by atoms with Gasteiger partial charge in [-0.05, 0) is 61.1 Å². The molecule has 2 aromatic carbocycles. The Hall–Kier alpha value is -3.15. The maximum atomic E-state index is 14.1. The van der Waals surface area contributed by atoms with Crippen LogP contribution in [0.5, 0.6) is 0 Å². The molecule has 1 aliphatic carbocycles. The number of hydrogen-bond acceptors (Lipinski definition) is 5. The van der Waals surface area contributed by atoms with Crippen LogP contribution in [0, 0.1) is 17.2 Å². The Morgan fingerprint density at radius 3 is 2.58 bits per heavy atom. The minimum atomic E-state index is -3.69. The van der Waals surface area contributed by atoms with Crippen molar-refractivity contribution in [3.8, 4) is 6.07 Å². The fourth-order valence-corrected chi connectivity index (χ4v) is 7.38. The van der Waals surface area contributed by atoms with E-state index in [1.54, 1.807) is 34.9 Å². The second kappa shape index (κ2) is 10.5. The third-order valence-electron chi connectivity index (χ3n) is 7.63. The van der Waals surface area contributed by atoms with Gasteiger partial charge in [0.25, 0.3) is 0 Å². The Morgan fingerprint density at radius 2 is 1.89 bits per heavy atom. The quantitative estimate of drug-likeness (QED) is 0.474. The number of benzene rings is 2. The Kier molecular flexibility index (Phi) is 7.13. The number of aromatic nitrogens is 2. The van der Waals surface area contributed by atoms with Gasteiger partial charge in [-0.2, -0.15) is 9.57 Å². The smallest absolute Gasteiger partial charge is 0.243 e. The molecule has 0 bridgehead atoms. The largest absolute Gasteiger partial charge is 0.364 e. The molecular weight excluding hydrogens is 470 g/mol. The molecule has 0 radical (unpaired) electrons. The molecule has 1 fully saturated rings. The van der Waals surface area contributed by atoms with E-state index in [1.165, 1.54) is 6.42 Å². The van der Waals surface area contributed by atoms with Gasteiger partial charge in [-0.15, -0.1) is 0 Å². The molecule has 1 atom stereocenters. The van der Waals surface area contributed by atoms with Crippen molar-refractivity contribution in [3.63, 3.8) is 0 Å². The Bertz CT molecular complexity index is 1340. The molecule has 2 aliphatic rings. The molecule has 5 rings (SSSR count). The summed E-state index contributed by atoms with van der Waals surface area (Å²) in [6.07, 6.45) is 9.92. The zero-order valence-corrected chi connectivity index (χ0v) is 21.6. The van der Waals surface area contributed by atoms with Crippen LogP contribution in [0.2, 0.25) is 0 Å². The summed E-state index contributed by atoms with van der Waals surface area (Å²) in [5, 5.41) is 9.54. The fraction of sp³-hybridized carbons (Fsp3) is 0.429. The van der Waals surface area contributed by atoms with E-state index >= 15 is 0 Å². The maximum Gasteiger partial charge on any atom is 0.243 e. The van der Waals surface area contributed by atoms with Crippen molar-refractivity contribution < 1.29 is 8.42 Å². The van der Waals surface area contributed by atoms with E-state index in [0.717, 1.165) is 42.6 Å². The van der Waals surface area contributed by atoms with Crippen molar-refractivity contribution in [1.29, 1.82) is 5.26 Å². The Balaban J connectivity index is 1.54. The van der Waals surface area contributed by atoms with E-state index in [0.29, 0.717) is 42.4 Å². The lowest BCUT2D eigenvalue weighted by Gasteiger charge is -2.42. The summed E-state index contributed by atoms with van der Waals surface area (Å²) in [4.78, 5) is 6.86. The standard InChI is InChI=1S/C28H33N5O2S/c1-31-21-30-17-26(31)20-32-19-25(15-24-14-23(16-29)12-13-28(24)32)33(18-22-8-4-2-5-9-22)36(34,35)27-10-6-3-7-11-27/h3,6-7,10-14,17,21-22,25H,2,4-5,8-9,15,18-20H2,1H3. The first-order valence-electron chi connectivity index (χ1n) is 12.8. The molecule has 0 saturated heterocycles. The Labute approximate surface area is 214 Å². The average Bonchev–Trinajstić information content (AvgIpc) is 3.31. The van der Waals surface area contributed by atoms with E-state index in [2.05, 4.69) is 16.0 Å². The number of aryl methyl sites for hydroxylation is 1. The van der Waals surface area contributed by atoms with E-state index in [1.807, 2.05) is 42.1 Å². The number of hydrogen-bond donors (Lipinski definition) is 0. The van der Waals surface area contributed by atoms with Gasteiger partial charge < -0.3 is 9.47 Å². The van der Waals surface area contributed by atoms with Crippen molar-refractivity contribution in [2.24, 2.45) is 13.0 Å². The van der Waals surface area contributed by atoms with Gasteiger partial charge in [0, 0.05) is 38.1 Å². The summed E-state index contributed by atoms with van der Waals surface area (Å²) in [6.45, 7) is 1.74. The lowest BCUT2D eigenvalue weighted by Crippen LogP contribution is -2.52. The number of nitrogens with zero attached hydrogens (tertiary/aromatic N) is 5. The van der Waals surface area contributed by atoms with E-state index < -0.39 is 10.0 Å². The number of rotatable bonds is 7. The lowest BCUT2D eigenvalue weighted by molar-refractivity contribution is 0.233. The predicted octanol–water partition coefficient (Wildman–Crippen LogP) is 4.49. The topological polar surface area (TPSA) is 82.2 Å². The van der Waals surface area contributed by atoms with Crippen molar-refractivity contribution >= 4 is 15.7 Å². The van der Waals surface area contributed by atoms with Crippen molar-refractivity contribution in [2.75, 3.05) is 18.0 Å². The van der Waals surface area contributed by atoms with E-state index in [4.69, 9.17) is 0 Å². The molecule has 7 nitrogen and oxygen atoms in total. The van der Waals surface area contributed by atoms with Crippen LogP contribution >= 0.6 is 0 Å². The molecule has 1 aliphatic heterocycles. The molecule has 188 valence electrons. The maximum absolute atomic E-state index is 14.1. The second-order valence-corrected chi connectivity index (χ2v) is 12.0. The fourth-order valence-electron chi connectivity index (χ4n) is 5.67. The van der Waals surface area contributed by atoms with Gasteiger partial charge in [0.15, 0.2) is 0 Å². The first-order chi connectivity index (χ1) is 17.5. The third-order valence-corrected chi connectivity index (χ3v) is 9.56. The molecular formula is C28H33N5O2S. The van der Waals surface area contributed by atoms with Gasteiger partial charge in [0.2, 0.25) is 10.0 Å². The van der Waals surface area contributed by atoms with Crippen molar-refractivity contribution in [3.05, 3.63) is 77.9 Å². The first kappa shape index (κ1) is 24.5. The minimum Gasteiger partial charge on any atom is -0.364 e. The summed E-state index contributed by atoms with van der Waals surface area (Å²) in [7, 11) is -1.72. The molecule has 2 heterocycles. The minimum absolute atomic E-state index is 0.230. The molecule has 36 heavy (non-hydrogen) atoms. The Morgan fingerprint density at radius 1 is 1.11 bits per heavy atom. The highest BCUT2D eigenvalue weighted by atomic mass is 32.2. The van der Waals surface area contributed by atoms with Gasteiger partial charge in [-0.1, -0.05) is 37.5 Å². The molecule has 1 saturated carbocycles. The summed E-state index contributed by atoms with van der Waals surface area (Å²) in [5.41, 5.74) is 3.72. The zero-order valence-electron chi connectivity index (χ0n) is 20.8. The van der Waals surface area contributed by atoms with Crippen LogP contribution in [0.1, 0.15) is 48.9 Å². The van der Waals surface area contributed by atoms with Gasteiger partial charge in [-0.25, -0.2) is 13.4 Å². The predicted molar refractivity (Wildman–Crippen MR) is 140 cm³/mol. The van der Waals surface area contributed by atoms with Crippen LogP contribution in [0.3, 0.4) is 0 Å². The molecule has 0 amide bonds. The zero-order chi connectivity index (χ0) is 25.1. The number of sulfonamides is 1. The normalized spacial score (nSPS) is 18.7. The average molecular weight is 504 g/mol. The molecule has 0 N–H and O–H groups in total. The van der Waals surface area contributed by atoms with Gasteiger partial charge in [-0.3, -0.25) is 0 Å². The summed E-state index contributed by atoms with van der Waals surface area (Å²) >= 11 is 0. The number of nitriles is 1. The lowest BCUT2D eigenvalue weighted by atomic mass is 9.88. The van der Waals surface area contributed by atoms with E-state index in [9.17, 15) is 13.7 Å². The number of imidazole rings is 1. The molecule has 8 heteroatoms. The van der Waals surface area contributed by atoms with Crippen LogP contribution in [-0.4, -0.2) is 41.4 Å². The summed E-state index contributed by atoms with van der Waals surface area (Å²) in [5.74, 6) is 0.370. The highest BCUT2D eigenvalue weighted by Crippen LogP contribution is 2.35. The van der Waals surface area contributed by atoms with Crippen LogP contribution in [0.4, 0.5) is 5.69 Å². The third kappa shape index (κ3) is 5.04. The molecule has 3 aromatic rings. The van der Waals surface area contributed by atoms with Crippen molar-refractivity contribution in [2.45, 2.75) is 56.0 Å². The summed E-state index contributed by atoms with van der Waals surface area (Å²) in [6, 6.07) is 16.6. The van der Waals surface area contributed by atoms with Crippen molar-refractivity contribution in [1.82, 2.24) is 13.9 Å². The van der Waals surface area contributed by atoms with Crippen LogP contribution < -0.4 is 4.90 Å². The highest BCUT2D eigenvalue weighted by Gasteiger charge is 2.37. The number of anilines is 1. The first-order valence-corrected chi connectivity index (χ1v) is 14.2. The monoisotopic (exact) mass is 503 g/mol. The molecule has 0 spiro atoms. The van der Waals surface area contributed by atoms with Crippen LogP contribution in [-0.2, 0) is 30.0 Å². The SMILES string of the molecule is Cn1cncc1CN1CC(N(CC2CCCCC2)S(=O)(=O)c2ccccc2)Cc2cc(C#N)ccc21. The summed E-state index contributed by atoms with van der Waals surface area (Å²) < 4.78 is 31.9. The highest BCUT2D eigenvalue weighted by molar-refractivity contribution is 7.89.